The number of hydrazine groups is 1. The molecule has 0 radical (unpaired) electrons. The smallest absolute Gasteiger partial charge is 0.175 e. The molecular weight excluding hydrogens is 280 g/mol. The van der Waals surface area contributed by atoms with Gasteiger partial charge in [-0.3, -0.25) is 11.3 Å². The second kappa shape index (κ2) is 5.83. The number of sulfone groups is 1. The van der Waals surface area contributed by atoms with Gasteiger partial charge in [0.15, 0.2) is 9.84 Å². The van der Waals surface area contributed by atoms with Crippen molar-refractivity contribution in [3.63, 3.8) is 0 Å². The molecule has 102 valence electrons. The number of benzene rings is 1. The Hall–Kier alpha value is -1.21. The molecule has 6 heteroatoms. The largest absolute Gasteiger partial charge is 0.271 e. The van der Waals surface area contributed by atoms with Gasteiger partial charge in [0.2, 0.25) is 0 Å². The number of rotatable bonds is 5. The van der Waals surface area contributed by atoms with E-state index in [1.54, 1.807) is 29.5 Å². The second-order valence-corrected chi connectivity index (χ2v) is 7.20. The summed E-state index contributed by atoms with van der Waals surface area (Å²) in [5.41, 5.74) is 4.80. The number of nitrogens with two attached hydrogens (primary N) is 1. The van der Waals surface area contributed by atoms with Crippen LogP contribution in [0.25, 0.3) is 0 Å². The molecule has 1 heterocycles. The van der Waals surface area contributed by atoms with Crippen molar-refractivity contribution >= 4 is 21.2 Å². The molecule has 0 aliphatic carbocycles. The normalized spacial score (nSPS) is 13.4. The molecule has 0 spiro atoms. The topological polar surface area (TPSA) is 72.2 Å². The minimum atomic E-state index is -3.20. The fourth-order valence-corrected chi connectivity index (χ4v) is 3.24. The maximum absolute atomic E-state index is 11.6. The lowest BCUT2D eigenvalue weighted by Crippen LogP contribution is -2.29. The first kappa shape index (κ1) is 14.2. The first-order valence-electron chi connectivity index (χ1n) is 5.78. The minimum absolute atomic E-state index is 0.101. The molecule has 0 aliphatic heterocycles. The molecule has 0 fully saturated rings. The van der Waals surface area contributed by atoms with E-state index in [1.165, 1.54) is 11.8 Å². The van der Waals surface area contributed by atoms with Crippen molar-refractivity contribution in [3.05, 3.63) is 52.2 Å². The summed E-state index contributed by atoms with van der Waals surface area (Å²) in [5, 5.41) is 4.07. The van der Waals surface area contributed by atoms with Crippen molar-refractivity contribution in [2.45, 2.75) is 17.4 Å². The SMILES string of the molecule is CS(=O)(=O)c1cccc(C(Cc2ccsc2)NN)c1. The summed E-state index contributed by atoms with van der Waals surface area (Å²) in [5.74, 6) is 5.58. The lowest BCUT2D eigenvalue weighted by atomic mass is 10.0. The van der Waals surface area contributed by atoms with E-state index in [-0.39, 0.29) is 6.04 Å². The van der Waals surface area contributed by atoms with E-state index in [0.29, 0.717) is 4.90 Å². The number of hydrogen-bond donors (Lipinski definition) is 2. The molecule has 19 heavy (non-hydrogen) atoms. The molecule has 0 saturated heterocycles. The zero-order valence-electron chi connectivity index (χ0n) is 10.5. The summed E-state index contributed by atoms with van der Waals surface area (Å²) in [6.45, 7) is 0. The van der Waals surface area contributed by atoms with Crippen LogP contribution in [0.1, 0.15) is 17.2 Å². The van der Waals surface area contributed by atoms with Gasteiger partial charge >= 0.3 is 0 Å². The Balaban J connectivity index is 2.28. The van der Waals surface area contributed by atoms with Gasteiger partial charge in [0.1, 0.15) is 0 Å². The first-order chi connectivity index (χ1) is 9.00. The van der Waals surface area contributed by atoms with Gasteiger partial charge in [0.25, 0.3) is 0 Å². The molecule has 0 amide bonds. The second-order valence-electron chi connectivity index (χ2n) is 4.40. The highest BCUT2D eigenvalue weighted by Gasteiger charge is 2.14. The van der Waals surface area contributed by atoms with Crippen LogP contribution in [0.15, 0.2) is 46.0 Å². The molecular formula is C13H16N2O2S2. The lowest BCUT2D eigenvalue weighted by molar-refractivity contribution is 0.551. The molecule has 1 atom stereocenters. The van der Waals surface area contributed by atoms with Gasteiger partial charge in [-0.25, -0.2) is 8.42 Å². The van der Waals surface area contributed by atoms with E-state index < -0.39 is 9.84 Å². The number of thiophene rings is 1. The van der Waals surface area contributed by atoms with E-state index in [0.717, 1.165) is 12.0 Å². The van der Waals surface area contributed by atoms with Crippen LogP contribution >= 0.6 is 11.3 Å². The molecule has 1 aromatic heterocycles. The summed E-state index contributed by atoms with van der Waals surface area (Å²) in [6, 6.07) is 8.82. The number of hydrogen-bond acceptors (Lipinski definition) is 5. The Bertz CT molecular complexity index is 636. The standard InChI is InChI=1S/C13H16N2O2S2/c1-19(16,17)12-4-2-3-11(8-12)13(15-14)7-10-5-6-18-9-10/h2-6,8-9,13,15H,7,14H2,1H3. The molecule has 0 saturated carbocycles. The van der Waals surface area contributed by atoms with Crippen LogP contribution in [0.4, 0.5) is 0 Å². The van der Waals surface area contributed by atoms with Crippen molar-refractivity contribution in [2.24, 2.45) is 5.84 Å². The maximum atomic E-state index is 11.6. The van der Waals surface area contributed by atoms with Crippen molar-refractivity contribution in [1.82, 2.24) is 5.43 Å². The molecule has 2 rings (SSSR count). The van der Waals surface area contributed by atoms with Crippen molar-refractivity contribution in [3.8, 4) is 0 Å². The monoisotopic (exact) mass is 296 g/mol. The Kier molecular flexibility index (Phi) is 4.36. The summed E-state index contributed by atoms with van der Waals surface area (Å²) < 4.78 is 23.1. The molecule has 1 aromatic carbocycles. The van der Waals surface area contributed by atoms with Gasteiger partial charge in [-0.15, -0.1) is 0 Å². The highest BCUT2D eigenvalue weighted by molar-refractivity contribution is 7.90. The zero-order valence-corrected chi connectivity index (χ0v) is 12.2. The first-order valence-corrected chi connectivity index (χ1v) is 8.61. The van der Waals surface area contributed by atoms with E-state index in [4.69, 9.17) is 5.84 Å². The van der Waals surface area contributed by atoms with Gasteiger partial charge < -0.3 is 0 Å². The molecule has 2 aromatic rings. The molecule has 0 aliphatic rings. The van der Waals surface area contributed by atoms with Gasteiger partial charge in [-0.05, 0) is 46.5 Å². The van der Waals surface area contributed by atoms with Crippen molar-refractivity contribution in [2.75, 3.05) is 6.26 Å². The summed E-state index contributed by atoms with van der Waals surface area (Å²) in [6.07, 6.45) is 1.93. The number of nitrogens with one attached hydrogen (secondary N) is 1. The van der Waals surface area contributed by atoms with Gasteiger partial charge in [-0.1, -0.05) is 12.1 Å². The fourth-order valence-electron chi connectivity index (χ4n) is 1.88. The Morgan fingerprint density at radius 1 is 1.37 bits per heavy atom. The maximum Gasteiger partial charge on any atom is 0.175 e. The molecule has 1 unspecified atom stereocenters. The average Bonchev–Trinajstić information content (AvgIpc) is 2.88. The van der Waals surface area contributed by atoms with Crippen molar-refractivity contribution < 1.29 is 8.42 Å². The van der Waals surface area contributed by atoms with E-state index in [1.807, 2.05) is 17.5 Å². The molecule has 3 N–H and O–H groups in total. The molecule has 0 bridgehead atoms. The van der Waals surface area contributed by atoms with Crippen LogP contribution in [0, 0.1) is 0 Å². The predicted molar refractivity (Wildman–Crippen MR) is 77.6 cm³/mol. The third-order valence-electron chi connectivity index (χ3n) is 2.91. The van der Waals surface area contributed by atoms with Crippen LogP contribution in [0.5, 0.6) is 0 Å². The summed E-state index contributed by atoms with van der Waals surface area (Å²) in [7, 11) is -3.20. The van der Waals surface area contributed by atoms with Crippen LogP contribution in [-0.4, -0.2) is 14.7 Å². The van der Waals surface area contributed by atoms with Crippen LogP contribution in [-0.2, 0) is 16.3 Å². The average molecular weight is 296 g/mol. The predicted octanol–water partition coefficient (Wildman–Crippen LogP) is 1.90. The fraction of sp³-hybridized carbons (Fsp3) is 0.231. The minimum Gasteiger partial charge on any atom is -0.271 e. The van der Waals surface area contributed by atoms with E-state index >= 15 is 0 Å². The highest BCUT2D eigenvalue weighted by atomic mass is 32.2. The van der Waals surface area contributed by atoms with Crippen LogP contribution in [0.3, 0.4) is 0 Å². The Morgan fingerprint density at radius 3 is 2.74 bits per heavy atom. The third-order valence-corrected chi connectivity index (χ3v) is 4.75. The Morgan fingerprint density at radius 2 is 2.16 bits per heavy atom. The van der Waals surface area contributed by atoms with Gasteiger partial charge in [0.05, 0.1) is 10.9 Å². The zero-order chi connectivity index (χ0) is 13.9. The van der Waals surface area contributed by atoms with Crippen molar-refractivity contribution in [1.29, 1.82) is 0 Å². The lowest BCUT2D eigenvalue weighted by Gasteiger charge is -2.16. The van der Waals surface area contributed by atoms with Gasteiger partial charge in [-0.2, -0.15) is 11.3 Å². The van der Waals surface area contributed by atoms with Crippen LogP contribution in [0.2, 0.25) is 0 Å². The Labute approximate surface area is 117 Å². The third kappa shape index (κ3) is 3.63. The molecule has 4 nitrogen and oxygen atoms in total. The quantitative estimate of drug-likeness (QED) is 0.653. The summed E-state index contributed by atoms with van der Waals surface area (Å²) in [4.78, 5) is 0.315. The van der Waals surface area contributed by atoms with E-state index in [2.05, 4.69) is 10.8 Å². The highest BCUT2D eigenvalue weighted by Crippen LogP contribution is 2.21. The van der Waals surface area contributed by atoms with Crippen LogP contribution < -0.4 is 11.3 Å². The van der Waals surface area contributed by atoms with E-state index in [9.17, 15) is 8.42 Å². The summed E-state index contributed by atoms with van der Waals surface area (Å²) >= 11 is 1.63. The van der Waals surface area contributed by atoms with Gasteiger partial charge in [0, 0.05) is 6.26 Å².